The molecule has 1 aliphatic rings. The molecule has 0 N–H and O–H groups in total. The second kappa shape index (κ2) is 6.56. The molecular weight excluding hydrogens is 240 g/mol. The number of rotatable bonds is 9. The Morgan fingerprint density at radius 3 is 2.00 bits per heavy atom. The lowest BCUT2D eigenvalue weighted by Gasteiger charge is -2.15. The average Bonchev–Trinajstić information content (AvgIpc) is 2.95. The van der Waals surface area contributed by atoms with Crippen molar-refractivity contribution in [1.29, 1.82) is 0 Å². The van der Waals surface area contributed by atoms with Crippen LogP contribution >= 0.6 is 35.3 Å². The van der Waals surface area contributed by atoms with Gasteiger partial charge in [0.15, 0.2) is 0 Å². The first-order chi connectivity index (χ1) is 7.29. The molecule has 1 aliphatic carbocycles. The molecule has 0 fully saturated rings. The molecule has 0 atom stereocenters. The highest BCUT2D eigenvalue weighted by Crippen LogP contribution is 2.59. The van der Waals surface area contributed by atoms with Gasteiger partial charge in [-0.05, 0) is 0 Å². The Hall–Kier alpha value is 0.01000. The molecule has 0 aliphatic heterocycles. The molecule has 0 unspecified atom stereocenters. The van der Waals surface area contributed by atoms with Crippen LogP contribution in [0.4, 0.5) is 0 Å². The highest BCUT2D eigenvalue weighted by Gasteiger charge is 2.45. The maximum Gasteiger partial charge on any atom is 0.119 e. The van der Waals surface area contributed by atoms with E-state index in [2.05, 4.69) is 25.8 Å². The Balaban J connectivity index is 2.40. The van der Waals surface area contributed by atoms with Crippen LogP contribution < -0.4 is 0 Å². The third-order valence-electron chi connectivity index (χ3n) is 1.67. The van der Waals surface area contributed by atoms with Crippen LogP contribution in [0.5, 0.6) is 0 Å². The molecule has 0 nitrogen and oxygen atoms in total. The molecule has 0 saturated heterocycles. The Morgan fingerprint density at radius 1 is 1.00 bits per heavy atom. The largest absolute Gasteiger partial charge is 0.130 e. The summed E-state index contributed by atoms with van der Waals surface area (Å²) in [5.41, 5.74) is 0. The van der Waals surface area contributed by atoms with Crippen molar-refractivity contribution in [3.8, 4) is 0 Å². The van der Waals surface area contributed by atoms with Crippen molar-refractivity contribution >= 4 is 35.3 Å². The SMILES string of the molecule is C=CCSC1=[C]C1(SCC=C)SCC=C. The van der Waals surface area contributed by atoms with Crippen molar-refractivity contribution in [3.63, 3.8) is 0 Å². The maximum absolute atomic E-state index is 3.75. The van der Waals surface area contributed by atoms with Crippen LogP contribution in [-0.4, -0.2) is 21.3 Å². The van der Waals surface area contributed by atoms with Crippen molar-refractivity contribution in [2.45, 2.75) is 4.08 Å². The summed E-state index contributed by atoms with van der Waals surface area (Å²) in [6.07, 6.45) is 9.26. The number of hydrogen-bond donors (Lipinski definition) is 0. The van der Waals surface area contributed by atoms with Gasteiger partial charge in [0.1, 0.15) is 4.08 Å². The van der Waals surface area contributed by atoms with E-state index in [-0.39, 0.29) is 4.08 Å². The first kappa shape index (κ1) is 13.1. The van der Waals surface area contributed by atoms with E-state index in [1.165, 1.54) is 4.91 Å². The van der Waals surface area contributed by atoms with Crippen LogP contribution in [0, 0.1) is 6.08 Å². The highest BCUT2D eigenvalue weighted by atomic mass is 32.2. The summed E-state index contributed by atoms with van der Waals surface area (Å²) in [6.45, 7) is 11.2. The first-order valence-corrected chi connectivity index (χ1v) is 7.63. The van der Waals surface area contributed by atoms with E-state index in [1.807, 2.05) is 53.5 Å². The summed E-state index contributed by atoms with van der Waals surface area (Å²) in [5.74, 6) is 2.90. The Labute approximate surface area is 105 Å². The third-order valence-corrected chi connectivity index (χ3v) is 5.96. The molecule has 1 rings (SSSR count). The van der Waals surface area contributed by atoms with Gasteiger partial charge in [-0.1, -0.05) is 18.2 Å². The summed E-state index contributed by atoms with van der Waals surface area (Å²) >= 11 is 5.59. The molecule has 15 heavy (non-hydrogen) atoms. The molecule has 0 spiro atoms. The Bertz CT molecular complexity index is 267. The summed E-state index contributed by atoms with van der Waals surface area (Å²) in [5, 5.41) is 0. The topological polar surface area (TPSA) is 0 Å². The monoisotopic (exact) mass is 255 g/mol. The fraction of sp³-hybridized carbons (Fsp3) is 0.333. The van der Waals surface area contributed by atoms with Crippen molar-refractivity contribution in [3.05, 3.63) is 48.9 Å². The summed E-state index contributed by atoms with van der Waals surface area (Å²) in [4.78, 5) is 1.35. The smallest absolute Gasteiger partial charge is 0.119 e. The van der Waals surface area contributed by atoms with Crippen molar-refractivity contribution in [2.75, 3.05) is 17.3 Å². The van der Waals surface area contributed by atoms with Gasteiger partial charge in [0.05, 0.1) is 0 Å². The lowest BCUT2D eigenvalue weighted by molar-refractivity contribution is 1.50. The quantitative estimate of drug-likeness (QED) is 0.449. The van der Waals surface area contributed by atoms with Crippen molar-refractivity contribution < 1.29 is 0 Å². The number of hydrogen-bond acceptors (Lipinski definition) is 3. The molecule has 0 aromatic rings. The molecule has 0 heterocycles. The van der Waals surface area contributed by atoms with Crippen LogP contribution in [0.3, 0.4) is 0 Å². The van der Waals surface area contributed by atoms with Gasteiger partial charge >= 0.3 is 0 Å². The second-order valence-electron chi connectivity index (χ2n) is 2.87. The van der Waals surface area contributed by atoms with Gasteiger partial charge < -0.3 is 0 Å². The van der Waals surface area contributed by atoms with E-state index in [0.717, 1.165) is 17.3 Å². The van der Waals surface area contributed by atoms with E-state index >= 15 is 0 Å². The molecule has 0 aromatic carbocycles. The predicted octanol–water partition coefficient (Wildman–Crippen LogP) is 4.14. The minimum absolute atomic E-state index is 0.0933. The first-order valence-electron chi connectivity index (χ1n) is 4.68. The van der Waals surface area contributed by atoms with Gasteiger partial charge in [-0.15, -0.1) is 55.0 Å². The molecule has 0 aromatic heterocycles. The van der Waals surface area contributed by atoms with E-state index in [1.54, 1.807) is 0 Å². The zero-order valence-corrected chi connectivity index (χ0v) is 11.1. The minimum atomic E-state index is 0.0933. The van der Waals surface area contributed by atoms with Crippen LogP contribution in [0.1, 0.15) is 0 Å². The molecule has 0 bridgehead atoms. The highest BCUT2D eigenvalue weighted by molar-refractivity contribution is 8.21. The number of thioether (sulfide) groups is 3. The van der Waals surface area contributed by atoms with Crippen LogP contribution in [0.15, 0.2) is 42.9 Å². The van der Waals surface area contributed by atoms with Gasteiger partial charge in [0, 0.05) is 28.2 Å². The van der Waals surface area contributed by atoms with Gasteiger partial charge in [-0.3, -0.25) is 0 Å². The van der Waals surface area contributed by atoms with Crippen LogP contribution in [0.2, 0.25) is 0 Å². The molecule has 0 saturated carbocycles. The standard InChI is InChI=1S/C12H15S3/c1-4-7-13-11-10-12(11,14-8-5-2)15-9-6-3/h4-6H,1-3,7-9H2. The van der Waals surface area contributed by atoms with E-state index in [4.69, 9.17) is 0 Å². The summed E-state index contributed by atoms with van der Waals surface area (Å²) < 4.78 is 0.0933. The Kier molecular flexibility index (Phi) is 5.72. The minimum Gasteiger partial charge on any atom is -0.130 e. The average molecular weight is 255 g/mol. The van der Waals surface area contributed by atoms with Crippen molar-refractivity contribution in [2.24, 2.45) is 0 Å². The normalized spacial score (nSPS) is 16.7. The lowest BCUT2D eigenvalue weighted by atomic mass is 10.8. The third kappa shape index (κ3) is 3.82. The van der Waals surface area contributed by atoms with Gasteiger partial charge in [0.25, 0.3) is 0 Å². The van der Waals surface area contributed by atoms with Crippen molar-refractivity contribution in [1.82, 2.24) is 0 Å². The molecule has 81 valence electrons. The van der Waals surface area contributed by atoms with E-state index < -0.39 is 0 Å². The molecule has 0 amide bonds. The van der Waals surface area contributed by atoms with Gasteiger partial charge in [0.2, 0.25) is 0 Å². The molecular formula is C12H15S3. The summed E-state index contributed by atoms with van der Waals surface area (Å²) in [6, 6.07) is 0. The van der Waals surface area contributed by atoms with Crippen LogP contribution in [0.25, 0.3) is 0 Å². The fourth-order valence-corrected chi connectivity index (χ4v) is 4.58. The zero-order valence-electron chi connectivity index (χ0n) is 8.70. The second-order valence-corrected chi connectivity index (χ2v) is 6.63. The predicted molar refractivity (Wildman–Crippen MR) is 77.5 cm³/mol. The maximum atomic E-state index is 3.75. The Morgan fingerprint density at radius 2 is 1.53 bits per heavy atom. The summed E-state index contributed by atoms with van der Waals surface area (Å²) in [7, 11) is 0. The van der Waals surface area contributed by atoms with Gasteiger partial charge in [-0.25, -0.2) is 0 Å². The van der Waals surface area contributed by atoms with E-state index in [0.29, 0.717) is 0 Å². The molecule has 3 heteroatoms. The van der Waals surface area contributed by atoms with Gasteiger partial charge in [-0.2, -0.15) is 0 Å². The lowest BCUT2D eigenvalue weighted by Crippen LogP contribution is -2.03. The van der Waals surface area contributed by atoms with Crippen LogP contribution in [-0.2, 0) is 0 Å². The molecule has 1 radical (unpaired) electrons. The van der Waals surface area contributed by atoms with E-state index in [9.17, 15) is 0 Å². The fourth-order valence-electron chi connectivity index (χ4n) is 0.989. The zero-order chi connectivity index (χ0) is 11.1.